The van der Waals surface area contributed by atoms with Crippen molar-refractivity contribution in [3.8, 4) is 0 Å². The molecule has 0 spiro atoms. The maximum atomic E-state index is 13.6. The van der Waals surface area contributed by atoms with E-state index in [2.05, 4.69) is 11.1 Å². The molecule has 1 aromatic heterocycles. The SMILES string of the molecule is Cc1[nH]c2ccc(F)cc2c1CC(=O)N1CCc2ccccc21. The summed E-state index contributed by atoms with van der Waals surface area (Å²) >= 11 is 0. The third-order valence-corrected chi connectivity index (χ3v) is 4.60. The Morgan fingerprint density at radius 1 is 1.26 bits per heavy atom. The van der Waals surface area contributed by atoms with Gasteiger partial charge in [-0.3, -0.25) is 4.79 Å². The summed E-state index contributed by atoms with van der Waals surface area (Å²) in [6.07, 6.45) is 1.17. The van der Waals surface area contributed by atoms with Crippen molar-refractivity contribution in [3.63, 3.8) is 0 Å². The number of hydrogen-bond acceptors (Lipinski definition) is 1. The Balaban J connectivity index is 1.68. The maximum Gasteiger partial charge on any atom is 0.231 e. The minimum Gasteiger partial charge on any atom is -0.358 e. The number of aryl methyl sites for hydroxylation is 1. The lowest BCUT2D eigenvalue weighted by molar-refractivity contribution is -0.117. The number of hydrogen-bond donors (Lipinski definition) is 1. The second-order valence-corrected chi connectivity index (χ2v) is 6.02. The monoisotopic (exact) mass is 308 g/mol. The van der Waals surface area contributed by atoms with E-state index in [-0.39, 0.29) is 18.1 Å². The Morgan fingerprint density at radius 2 is 2.09 bits per heavy atom. The molecule has 3 nitrogen and oxygen atoms in total. The van der Waals surface area contributed by atoms with E-state index in [1.807, 2.05) is 30.0 Å². The van der Waals surface area contributed by atoms with Crippen LogP contribution < -0.4 is 4.90 Å². The first kappa shape index (κ1) is 14.0. The van der Waals surface area contributed by atoms with Crippen LogP contribution in [0.15, 0.2) is 42.5 Å². The molecule has 1 aliphatic rings. The number of para-hydroxylation sites is 1. The first-order valence-corrected chi connectivity index (χ1v) is 7.78. The molecule has 0 atom stereocenters. The predicted molar refractivity (Wildman–Crippen MR) is 89.2 cm³/mol. The lowest BCUT2D eigenvalue weighted by Gasteiger charge is -2.17. The second kappa shape index (κ2) is 5.23. The van der Waals surface area contributed by atoms with Crippen LogP contribution in [0.2, 0.25) is 0 Å². The number of aromatic nitrogens is 1. The highest BCUT2D eigenvalue weighted by Gasteiger charge is 2.25. The fourth-order valence-electron chi connectivity index (χ4n) is 3.43. The number of nitrogens with zero attached hydrogens (tertiary/aromatic N) is 1. The van der Waals surface area contributed by atoms with Gasteiger partial charge in [-0.2, -0.15) is 0 Å². The van der Waals surface area contributed by atoms with E-state index in [0.717, 1.165) is 34.3 Å². The Labute approximate surface area is 133 Å². The number of halogens is 1. The van der Waals surface area contributed by atoms with Gasteiger partial charge in [0.05, 0.1) is 6.42 Å². The standard InChI is InChI=1S/C19H17FN2O/c1-12-15(16-10-14(20)6-7-17(16)21-12)11-19(23)22-9-8-13-4-2-3-5-18(13)22/h2-7,10,21H,8-9,11H2,1H3. The molecular formula is C19H17FN2O. The number of fused-ring (bicyclic) bond motifs is 2. The summed E-state index contributed by atoms with van der Waals surface area (Å²) in [6.45, 7) is 2.65. The van der Waals surface area contributed by atoms with Crippen molar-refractivity contribution in [3.05, 3.63) is 65.1 Å². The van der Waals surface area contributed by atoms with Crippen molar-refractivity contribution in [1.82, 2.24) is 4.98 Å². The first-order chi connectivity index (χ1) is 11.1. The predicted octanol–water partition coefficient (Wildman–Crippen LogP) is 3.75. The number of rotatable bonds is 2. The minimum absolute atomic E-state index is 0.0585. The molecule has 2 heterocycles. The summed E-state index contributed by atoms with van der Waals surface area (Å²) in [7, 11) is 0. The molecule has 0 saturated carbocycles. The van der Waals surface area contributed by atoms with Crippen LogP contribution in [-0.4, -0.2) is 17.4 Å². The lowest BCUT2D eigenvalue weighted by Crippen LogP contribution is -2.30. The number of H-pyrrole nitrogens is 1. The molecule has 0 unspecified atom stereocenters. The van der Waals surface area contributed by atoms with Crippen molar-refractivity contribution < 1.29 is 9.18 Å². The molecule has 0 aliphatic carbocycles. The number of carbonyl (C=O) groups is 1. The number of anilines is 1. The third kappa shape index (κ3) is 2.31. The Morgan fingerprint density at radius 3 is 2.96 bits per heavy atom. The van der Waals surface area contributed by atoms with Gasteiger partial charge in [0.1, 0.15) is 5.82 Å². The fourth-order valence-corrected chi connectivity index (χ4v) is 3.43. The topological polar surface area (TPSA) is 36.1 Å². The van der Waals surface area contributed by atoms with Crippen LogP contribution >= 0.6 is 0 Å². The zero-order valence-electron chi connectivity index (χ0n) is 12.9. The van der Waals surface area contributed by atoms with E-state index in [0.29, 0.717) is 6.54 Å². The number of aromatic amines is 1. The van der Waals surface area contributed by atoms with Crippen molar-refractivity contribution in [2.75, 3.05) is 11.4 Å². The van der Waals surface area contributed by atoms with Gasteiger partial charge in [0, 0.05) is 28.8 Å². The summed E-state index contributed by atoms with van der Waals surface area (Å²) in [5, 5.41) is 0.795. The van der Waals surface area contributed by atoms with Crippen molar-refractivity contribution in [2.24, 2.45) is 0 Å². The molecule has 4 heteroatoms. The molecule has 23 heavy (non-hydrogen) atoms. The van der Waals surface area contributed by atoms with Gasteiger partial charge in [0.25, 0.3) is 0 Å². The second-order valence-electron chi connectivity index (χ2n) is 6.02. The van der Waals surface area contributed by atoms with E-state index in [1.54, 1.807) is 6.07 Å². The lowest BCUT2D eigenvalue weighted by atomic mass is 10.1. The van der Waals surface area contributed by atoms with Gasteiger partial charge in [-0.1, -0.05) is 18.2 Å². The van der Waals surface area contributed by atoms with Gasteiger partial charge in [0.15, 0.2) is 0 Å². The summed E-state index contributed by atoms with van der Waals surface area (Å²) < 4.78 is 13.6. The highest BCUT2D eigenvalue weighted by Crippen LogP contribution is 2.29. The molecular weight excluding hydrogens is 291 g/mol. The quantitative estimate of drug-likeness (QED) is 0.769. The van der Waals surface area contributed by atoms with Crippen LogP contribution in [0.5, 0.6) is 0 Å². The molecule has 4 rings (SSSR count). The molecule has 0 saturated heterocycles. The smallest absolute Gasteiger partial charge is 0.231 e. The molecule has 1 amide bonds. The zero-order valence-corrected chi connectivity index (χ0v) is 12.9. The normalized spacial score (nSPS) is 13.6. The Kier molecular flexibility index (Phi) is 3.18. The number of carbonyl (C=O) groups excluding carboxylic acids is 1. The van der Waals surface area contributed by atoms with Crippen LogP contribution in [-0.2, 0) is 17.6 Å². The first-order valence-electron chi connectivity index (χ1n) is 7.78. The van der Waals surface area contributed by atoms with Gasteiger partial charge >= 0.3 is 0 Å². The van der Waals surface area contributed by atoms with Gasteiger partial charge in [-0.05, 0) is 48.7 Å². The molecule has 1 aliphatic heterocycles. The van der Waals surface area contributed by atoms with Crippen molar-refractivity contribution in [2.45, 2.75) is 19.8 Å². The summed E-state index contributed by atoms with van der Waals surface area (Å²) in [5.41, 5.74) is 4.89. The van der Waals surface area contributed by atoms with E-state index in [9.17, 15) is 9.18 Å². The number of benzene rings is 2. The van der Waals surface area contributed by atoms with Crippen LogP contribution in [0.3, 0.4) is 0 Å². The molecule has 0 fully saturated rings. The molecule has 2 aromatic carbocycles. The highest BCUT2D eigenvalue weighted by atomic mass is 19.1. The van der Waals surface area contributed by atoms with Gasteiger partial charge in [-0.25, -0.2) is 4.39 Å². The summed E-state index contributed by atoms with van der Waals surface area (Å²) in [4.78, 5) is 17.8. The maximum absolute atomic E-state index is 13.6. The van der Waals surface area contributed by atoms with E-state index in [4.69, 9.17) is 0 Å². The van der Waals surface area contributed by atoms with Crippen molar-refractivity contribution >= 4 is 22.5 Å². The average molecular weight is 308 g/mol. The summed E-state index contributed by atoms with van der Waals surface area (Å²) in [6, 6.07) is 12.7. The Hall–Kier alpha value is -2.62. The zero-order chi connectivity index (χ0) is 16.0. The van der Waals surface area contributed by atoms with Crippen LogP contribution in [0.4, 0.5) is 10.1 Å². The summed E-state index contributed by atoms with van der Waals surface area (Å²) in [5.74, 6) is -0.222. The minimum atomic E-state index is -0.281. The van der Waals surface area contributed by atoms with Gasteiger partial charge in [0.2, 0.25) is 5.91 Å². The van der Waals surface area contributed by atoms with E-state index in [1.165, 1.54) is 17.7 Å². The van der Waals surface area contributed by atoms with E-state index < -0.39 is 0 Å². The largest absolute Gasteiger partial charge is 0.358 e. The van der Waals surface area contributed by atoms with Gasteiger partial charge in [-0.15, -0.1) is 0 Å². The number of nitrogens with one attached hydrogen (secondary N) is 1. The van der Waals surface area contributed by atoms with E-state index >= 15 is 0 Å². The molecule has 0 bridgehead atoms. The molecule has 1 N–H and O–H groups in total. The van der Waals surface area contributed by atoms with Gasteiger partial charge < -0.3 is 9.88 Å². The van der Waals surface area contributed by atoms with Crippen LogP contribution in [0.1, 0.15) is 16.8 Å². The number of amides is 1. The average Bonchev–Trinajstić information content (AvgIpc) is 3.10. The third-order valence-electron chi connectivity index (χ3n) is 4.60. The van der Waals surface area contributed by atoms with Crippen molar-refractivity contribution in [1.29, 1.82) is 0 Å². The fraction of sp³-hybridized carbons (Fsp3) is 0.211. The highest BCUT2D eigenvalue weighted by molar-refractivity contribution is 5.99. The molecule has 116 valence electrons. The van der Waals surface area contributed by atoms with Crippen LogP contribution in [0.25, 0.3) is 10.9 Å². The van der Waals surface area contributed by atoms with Crippen LogP contribution in [0, 0.1) is 12.7 Å². The molecule has 3 aromatic rings. The Bertz CT molecular complexity index is 913. The molecule has 0 radical (unpaired) electrons.